The fourth-order valence-corrected chi connectivity index (χ4v) is 2.45. The van der Waals surface area contributed by atoms with E-state index in [4.69, 9.17) is 22.1 Å². The van der Waals surface area contributed by atoms with Crippen LogP contribution in [-0.2, 0) is 0 Å². The largest absolute Gasteiger partial charge is 0.490 e. The molecule has 1 unspecified atom stereocenters. The Morgan fingerprint density at radius 1 is 1.14 bits per heavy atom. The first-order valence-corrected chi connectivity index (χ1v) is 7.39. The number of hydrogen-bond acceptors (Lipinski definition) is 3. The molecular formula is C17H21ClN2O. The summed E-state index contributed by atoms with van der Waals surface area (Å²) >= 11 is 6.24. The molecule has 0 saturated carbocycles. The summed E-state index contributed by atoms with van der Waals surface area (Å²) < 4.78 is 5.72. The van der Waals surface area contributed by atoms with Crippen molar-refractivity contribution in [3.8, 4) is 5.75 Å². The predicted molar refractivity (Wildman–Crippen MR) is 88.8 cm³/mol. The van der Waals surface area contributed by atoms with Crippen molar-refractivity contribution < 1.29 is 4.74 Å². The zero-order valence-electron chi connectivity index (χ0n) is 12.4. The van der Waals surface area contributed by atoms with Crippen LogP contribution in [0.25, 0.3) is 0 Å². The lowest BCUT2D eigenvalue weighted by atomic mass is 10.1. The summed E-state index contributed by atoms with van der Waals surface area (Å²) in [7, 11) is 2.06. The van der Waals surface area contributed by atoms with Gasteiger partial charge < -0.3 is 10.5 Å². The van der Waals surface area contributed by atoms with Crippen molar-refractivity contribution in [2.24, 2.45) is 0 Å². The van der Waals surface area contributed by atoms with Crippen LogP contribution in [0.5, 0.6) is 5.75 Å². The second-order valence-electron chi connectivity index (χ2n) is 5.06. The Morgan fingerprint density at radius 3 is 2.52 bits per heavy atom. The minimum atomic E-state index is 0.232. The highest BCUT2D eigenvalue weighted by molar-refractivity contribution is 6.31. The van der Waals surface area contributed by atoms with Crippen LogP contribution >= 0.6 is 11.6 Å². The van der Waals surface area contributed by atoms with Crippen LogP contribution in [0.3, 0.4) is 0 Å². The molecular weight excluding hydrogens is 284 g/mol. The fourth-order valence-electron chi connectivity index (χ4n) is 2.16. The zero-order valence-corrected chi connectivity index (χ0v) is 13.2. The lowest BCUT2D eigenvalue weighted by molar-refractivity contribution is 0.201. The molecule has 2 aromatic carbocycles. The van der Waals surface area contributed by atoms with Crippen molar-refractivity contribution in [1.29, 1.82) is 0 Å². The van der Waals surface area contributed by atoms with E-state index in [1.54, 1.807) is 0 Å². The molecule has 0 amide bonds. The average Bonchev–Trinajstić information content (AvgIpc) is 2.49. The molecule has 0 saturated heterocycles. The van der Waals surface area contributed by atoms with Crippen molar-refractivity contribution in [1.82, 2.24) is 4.90 Å². The van der Waals surface area contributed by atoms with Crippen molar-refractivity contribution >= 4 is 17.3 Å². The molecule has 0 heterocycles. The number of para-hydroxylation sites is 2. The summed E-state index contributed by atoms with van der Waals surface area (Å²) in [6.07, 6.45) is 0. The van der Waals surface area contributed by atoms with Crippen molar-refractivity contribution in [3.63, 3.8) is 0 Å². The summed E-state index contributed by atoms with van der Waals surface area (Å²) in [5, 5.41) is 0.796. The van der Waals surface area contributed by atoms with Crippen LogP contribution in [0.4, 0.5) is 5.69 Å². The van der Waals surface area contributed by atoms with Gasteiger partial charge in [0.25, 0.3) is 0 Å². The van der Waals surface area contributed by atoms with Crippen LogP contribution in [0.1, 0.15) is 18.5 Å². The molecule has 2 N–H and O–H groups in total. The quantitative estimate of drug-likeness (QED) is 0.820. The van der Waals surface area contributed by atoms with Gasteiger partial charge in [0.05, 0.1) is 5.69 Å². The van der Waals surface area contributed by atoms with Crippen LogP contribution in [-0.4, -0.2) is 25.1 Å². The highest BCUT2D eigenvalue weighted by Gasteiger charge is 2.14. The molecule has 0 aromatic heterocycles. The Hall–Kier alpha value is -1.71. The van der Waals surface area contributed by atoms with E-state index in [1.807, 2.05) is 42.5 Å². The van der Waals surface area contributed by atoms with Crippen LogP contribution in [0.15, 0.2) is 48.5 Å². The Morgan fingerprint density at radius 2 is 1.81 bits per heavy atom. The first kappa shape index (κ1) is 15.7. The Bertz CT molecular complexity index is 589. The van der Waals surface area contributed by atoms with Gasteiger partial charge in [-0.15, -0.1) is 0 Å². The van der Waals surface area contributed by atoms with E-state index in [2.05, 4.69) is 24.9 Å². The molecule has 0 bridgehead atoms. The molecule has 0 radical (unpaired) electrons. The van der Waals surface area contributed by atoms with Gasteiger partial charge in [-0.2, -0.15) is 0 Å². The molecule has 0 spiro atoms. The van der Waals surface area contributed by atoms with E-state index in [-0.39, 0.29) is 6.04 Å². The van der Waals surface area contributed by atoms with E-state index < -0.39 is 0 Å². The number of anilines is 1. The highest BCUT2D eigenvalue weighted by atomic mass is 35.5. The van der Waals surface area contributed by atoms with E-state index in [1.165, 1.54) is 0 Å². The molecule has 0 fully saturated rings. The van der Waals surface area contributed by atoms with Crippen molar-refractivity contribution in [3.05, 3.63) is 59.1 Å². The van der Waals surface area contributed by atoms with Gasteiger partial charge in [0.2, 0.25) is 0 Å². The number of rotatable bonds is 6. The molecule has 3 nitrogen and oxygen atoms in total. The summed E-state index contributed by atoms with van der Waals surface area (Å²) in [6, 6.07) is 15.7. The van der Waals surface area contributed by atoms with Gasteiger partial charge in [-0.3, -0.25) is 4.90 Å². The van der Waals surface area contributed by atoms with E-state index in [0.29, 0.717) is 12.3 Å². The fraction of sp³-hybridized carbons (Fsp3) is 0.294. The second kappa shape index (κ2) is 7.34. The molecule has 112 valence electrons. The minimum Gasteiger partial charge on any atom is -0.490 e. The third-order valence-corrected chi connectivity index (χ3v) is 3.98. The van der Waals surface area contributed by atoms with Gasteiger partial charge in [0.15, 0.2) is 0 Å². The molecule has 2 aromatic rings. The summed E-state index contributed by atoms with van der Waals surface area (Å²) in [5.41, 5.74) is 7.64. The van der Waals surface area contributed by atoms with Gasteiger partial charge in [-0.25, -0.2) is 0 Å². The predicted octanol–water partition coefficient (Wildman–Crippen LogP) is 3.99. The number of likely N-dealkylation sites (N-methyl/N-ethyl adjacent to an activating group) is 1. The Labute approximate surface area is 131 Å². The Balaban J connectivity index is 1.89. The maximum absolute atomic E-state index is 6.24. The van der Waals surface area contributed by atoms with Gasteiger partial charge in [0, 0.05) is 17.6 Å². The molecule has 4 heteroatoms. The average molecular weight is 305 g/mol. The zero-order chi connectivity index (χ0) is 15.2. The maximum atomic E-state index is 6.24. The number of nitrogens with zero attached hydrogens (tertiary/aromatic N) is 1. The van der Waals surface area contributed by atoms with Crippen molar-refractivity contribution in [2.75, 3.05) is 25.9 Å². The topological polar surface area (TPSA) is 38.5 Å². The first-order chi connectivity index (χ1) is 10.1. The maximum Gasteiger partial charge on any atom is 0.142 e. The van der Waals surface area contributed by atoms with Gasteiger partial charge in [-0.05, 0) is 37.7 Å². The number of halogens is 1. The van der Waals surface area contributed by atoms with E-state index in [0.717, 1.165) is 22.9 Å². The van der Waals surface area contributed by atoms with Crippen molar-refractivity contribution in [2.45, 2.75) is 13.0 Å². The second-order valence-corrected chi connectivity index (χ2v) is 5.47. The van der Waals surface area contributed by atoms with E-state index in [9.17, 15) is 0 Å². The lowest BCUT2D eigenvalue weighted by Crippen LogP contribution is -2.27. The molecule has 2 rings (SSSR count). The number of benzene rings is 2. The molecule has 0 aliphatic heterocycles. The highest BCUT2D eigenvalue weighted by Crippen LogP contribution is 2.26. The number of nitrogens with two attached hydrogens (primary N) is 1. The van der Waals surface area contributed by atoms with Crippen LogP contribution < -0.4 is 10.5 Å². The van der Waals surface area contributed by atoms with E-state index >= 15 is 0 Å². The normalized spacial score (nSPS) is 12.4. The Kier molecular flexibility index (Phi) is 5.48. The molecule has 0 aliphatic carbocycles. The first-order valence-electron chi connectivity index (χ1n) is 7.01. The summed E-state index contributed by atoms with van der Waals surface area (Å²) in [5.74, 6) is 0.733. The standard InChI is InChI=1S/C17H21ClN2O/c1-13(14-7-3-4-8-15(14)18)20(2)11-12-21-17-10-6-5-9-16(17)19/h3-10,13H,11-12,19H2,1-2H3. The SMILES string of the molecule is CC(c1ccccc1Cl)N(C)CCOc1ccccc1N. The number of hydrogen-bond donors (Lipinski definition) is 1. The summed E-state index contributed by atoms with van der Waals surface area (Å²) in [4.78, 5) is 2.21. The third-order valence-electron chi connectivity index (χ3n) is 3.64. The molecule has 21 heavy (non-hydrogen) atoms. The van der Waals surface area contributed by atoms with Gasteiger partial charge >= 0.3 is 0 Å². The summed E-state index contributed by atoms with van der Waals surface area (Å²) in [6.45, 7) is 3.51. The monoisotopic (exact) mass is 304 g/mol. The van der Waals surface area contributed by atoms with Gasteiger partial charge in [0.1, 0.15) is 12.4 Å². The lowest BCUT2D eigenvalue weighted by Gasteiger charge is -2.25. The minimum absolute atomic E-state index is 0.232. The molecule has 0 aliphatic rings. The molecule has 1 atom stereocenters. The third kappa shape index (κ3) is 4.13. The van der Waals surface area contributed by atoms with Crippen LogP contribution in [0, 0.1) is 0 Å². The number of nitrogen functional groups attached to an aromatic ring is 1. The smallest absolute Gasteiger partial charge is 0.142 e. The number of ether oxygens (including phenoxy) is 1. The van der Waals surface area contributed by atoms with Gasteiger partial charge in [-0.1, -0.05) is 41.9 Å². The van der Waals surface area contributed by atoms with Crippen LogP contribution in [0.2, 0.25) is 5.02 Å².